The molecule has 4 rings (SSSR count). The van der Waals surface area contributed by atoms with E-state index in [4.69, 9.17) is 0 Å². The van der Waals surface area contributed by atoms with Gasteiger partial charge in [-0.3, -0.25) is 14.6 Å². The van der Waals surface area contributed by atoms with E-state index in [0.717, 1.165) is 12.3 Å². The van der Waals surface area contributed by atoms with Crippen molar-refractivity contribution in [1.29, 1.82) is 0 Å². The summed E-state index contributed by atoms with van der Waals surface area (Å²) in [6, 6.07) is 6.54. The topological polar surface area (TPSA) is 60.0 Å². The number of imide groups is 1. The molecule has 0 bridgehead atoms. The van der Waals surface area contributed by atoms with Crippen molar-refractivity contribution in [3.63, 3.8) is 0 Å². The van der Waals surface area contributed by atoms with Gasteiger partial charge in [0, 0.05) is 38.1 Å². The Hall–Kier alpha value is -3.21. The van der Waals surface area contributed by atoms with E-state index in [9.17, 15) is 27.2 Å². The van der Waals surface area contributed by atoms with E-state index in [-0.39, 0.29) is 12.6 Å². The van der Waals surface area contributed by atoms with Crippen LogP contribution in [0.15, 0.2) is 42.6 Å². The third-order valence-electron chi connectivity index (χ3n) is 5.67. The molecule has 7 nitrogen and oxygen atoms in total. The van der Waals surface area contributed by atoms with Crippen LogP contribution in [0.25, 0.3) is 0 Å². The quantitative estimate of drug-likeness (QED) is 0.528. The molecule has 0 N–H and O–H groups in total. The molecule has 2 saturated heterocycles. The molecule has 2 aliphatic rings. The molecule has 2 aliphatic heterocycles. The average molecular weight is 451 g/mol. The third-order valence-corrected chi connectivity index (χ3v) is 5.67. The van der Waals surface area contributed by atoms with Crippen molar-refractivity contribution < 1.29 is 27.2 Å². The van der Waals surface area contributed by atoms with Gasteiger partial charge in [-0.05, 0) is 43.3 Å². The summed E-state index contributed by atoms with van der Waals surface area (Å²) in [6.07, 6.45) is -3.62. The minimum atomic E-state index is -4.43. The Bertz CT molecular complexity index is 989. The Labute approximate surface area is 181 Å². The number of anilines is 2. The maximum absolute atomic E-state index is 13.2. The Kier molecular flexibility index (Phi) is 5.76. The summed E-state index contributed by atoms with van der Waals surface area (Å²) in [5, 5.41) is 0. The van der Waals surface area contributed by atoms with Crippen molar-refractivity contribution in [3.8, 4) is 0 Å². The highest BCUT2D eigenvalue weighted by molar-refractivity contribution is 6.14. The average Bonchev–Trinajstić information content (AvgIpc) is 2.98. The molecule has 3 heterocycles. The number of carbonyl (C=O) groups excluding carboxylic acids is 2. The van der Waals surface area contributed by atoms with Gasteiger partial charge in [0.2, 0.25) is 0 Å². The van der Waals surface area contributed by atoms with Gasteiger partial charge in [0.15, 0.2) is 0 Å². The molecule has 2 aromatic rings. The lowest BCUT2D eigenvalue weighted by atomic mass is 10.2. The predicted octanol–water partition coefficient (Wildman–Crippen LogP) is 3.18. The first-order valence-electron chi connectivity index (χ1n) is 10.1. The number of urea groups is 1. The lowest BCUT2D eigenvalue weighted by Crippen LogP contribution is -2.51. The summed E-state index contributed by atoms with van der Waals surface area (Å²) in [7, 11) is 0. The number of pyridine rings is 1. The number of halogens is 4. The zero-order valence-electron chi connectivity index (χ0n) is 17.2. The summed E-state index contributed by atoms with van der Waals surface area (Å²) >= 11 is 0. The number of benzene rings is 1. The maximum atomic E-state index is 13.2. The van der Waals surface area contributed by atoms with Crippen molar-refractivity contribution in [2.45, 2.75) is 19.1 Å². The Morgan fingerprint density at radius 1 is 1.00 bits per heavy atom. The first-order chi connectivity index (χ1) is 15.1. The molecule has 0 radical (unpaired) electrons. The minimum absolute atomic E-state index is 0.105. The number of piperazine rings is 1. The van der Waals surface area contributed by atoms with Crippen molar-refractivity contribution in [2.75, 3.05) is 42.6 Å². The molecule has 32 heavy (non-hydrogen) atoms. The molecule has 0 aliphatic carbocycles. The van der Waals surface area contributed by atoms with Gasteiger partial charge in [-0.2, -0.15) is 13.2 Å². The van der Waals surface area contributed by atoms with Crippen molar-refractivity contribution in [2.24, 2.45) is 0 Å². The highest BCUT2D eigenvalue weighted by atomic mass is 19.4. The van der Waals surface area contributed by atoms with E-state index < -0.39 is 29.6 Å². The summed E-state index contributed by atoms with van der Waals surface area (Å²) in [5.41, 5.74) is -0.358. The second-order valence-electron chi connectivity index (χ2n) is 7.72. The molecule has 170 valence electrons. The fourth-order valence-electron chi connectivity index (χ4n) is 3.85. The number of carbonyl (C=O) groups is 2. The summed E-state index contributed by atoms with van der Waals surface area (Å²) in [6.45, 7) is 3.72. The fraction of sp³-hybridized carbons (Fsp3) is 0.381. The second-order valence-corrected chi connectivity index (χ2v) is 7.72. The molecule has 0 spiro atoms. The van der Waals surface area contributed by atoms with Gasteiger partial charge >= 0.3 is 12.2 Å². The van der Waals surface area contributed by atoms with E-state index in [1.807, 2.05) is 9.80 Å². The van der Waals surface area contributed by atoms with E-state index in [1.165, 1.54) is 40.1 Å². The Morgan fingerprint density at radius 3 is 2.22 bits per heavy atom. The standard InChI is InChI=1S/C21H21F4N5O2/c1-14-19(31)29(20(32)30(14)17-5-3-16(22)4-6-17)13-27-8-10-28(11-9-27)18-7-2-15(12-26-18)21(23,24)25/h2-7,12,14H,8-11,13H2,1H3. The van der Waals surface area contributed by atoms with Crippen molar-refractivity contribution in [1.82, 2.24) is 14.8 Å². The molecule has 1 aromatic carbocycles. The molecule has 2 fully saturated rings. The van der Waals surface area contributed by atoms with Crippen LogP contribution in [0.2, 0.25) is 0 Å². The lowest BCUT2D eigenvalue weighted by Gasteiger charge is -2.36. The summed E-state index contributed by atoms with van der Waals surface area (Å²) < 4.78 is 51.3. The van der Waals surface area contributed by atoms with Gasteiger partial charge in [0.25, 0.3) is 5.91 Å². The third kappa shape index (κ3) is 4.24. The van der Waals surface area contributed by atoms with Gasteiger partial charge in [0.1, 0.15) is 17.7 Å². The lowest BCUT2D eigenvalue weighted by molar-refractivity contribution is -0.137. The molecule has 11 heteroatoms. The van der Waals surface area contributed by atoms with Crippen LogP contribution in [-0.4, -0.2) is 65.6 Å². The Morgan fingerprint density at radius 2 is 1.66 bits per heavy atom. The molecule has 0 saturated carbocycles. The fourth-order valence-corrected chi connectivity index (χ4v) is 3.85. The van der Waals surface area contributed by atoms with E-state index in [2.05, 4.69) is 4.98 Å². The number of rotatable bonds is 4. The van der Waals surface area contributed by atoms with Gasteiger partial charge in [0.05, 0.1) is 12.2 Å². The highest BCUT2D eigenvalue weighted by Gasteiger charge is 2.44. The molecular formula is C21H21F4N5O2. The van der Waals surface area contributed by atoms with Gasteiger partial charge in [-0.15, -0.1) is 0 Å². The number of aromatic nitrogens is 1. The smallest absolute Gasteiger partial charge is 0.354 e. The van der Waals surface area contributed by atoms with Crippen LogP contribution in [0.1, 0.15) is 12.5 Å². The second kappa shape index (κ2) is 8.38. The van der Waals surface area contributed by atoms with Crippen LogP contribution in [0.4, 0.5) is 33.9 Å². The summed E-state index contributed by atoms with van der Waals surface area (Å²) in [5.74, 6) is -0.329. The highest BCUT2D eigenvalue weighted by Crippen LogP contribution is 2.30. The van der Waals surface area contributed by atoms with Crippen LogP contribution in [0.5, 0.6) is 0 Å². The van der Waals surface area contributed by atoms with Crippen LogP contribution < -0.4 is 9.80 Å². The SMILES string of the molecule is CC1C(=O)N(CN2CCN(c3ccc(C(F)(F)F)cn3)CC2)C(=O)N1c1ccc(F)cc1. The molecule has 1 aromatic heterocycles. The van der Waals surface area contributed by atoms with Crippen LogP contribution in [0, 0.1) is 5.82 Å². The monoisotopic (exact) mass is 451 g/mol. The van der Waals surface area contributed by atoms with Crippen molar-refractivity contribution >= 4 is 23.4 Å². The van der Waals surface area contributed by atoms with Crippen LogP contribution in [-0.2, 0) is 11.0 Å². The largest absolute Gasteiger partial charge is 0.417 e. The number of hydrogen-bond acceptors (Lipinski definition) is 5. The number of nitrogens with zero attached hydrogens (tertiary/aromatic N) is 5. The molecule has 1 unspecified atom stereocenters. The van der Waals surface area contributed by atoms with Crippen LogP contribution in [0.3, 0.4) is 0 Å². The summed E-state index contributed by atoms with van der Waals surface area (Å²) in [4.78, 5) is 35.8. The predicted molar refractivity (Wildman–Crippen MR) is 108 cm³/mol. The minimum Gasteiger partial charge on any atom is -0.354 e. The molecular weight excluding hydrogens is 430 g/mol. The first kappa shape index (κ1) is 22.0. The van der Waals surface area contributed by atoms with Gasteiger partial charge in [-0.25, -0.2) is 19.1 Å². The zero-order chi connectivity index (χ0) is 23.0. The molecule has 1 atom stereocenters. The first-order valence-corrected chi connectivity index (χ1v) is 10.1. The van der Waals surface area contributed by atoms with Crippen LogP contribution >= 0.6 is 0 Å². The number of hydrogen-bond donors (Lipinski definition) is 0. The van der Waals surface area contributed by atoms with E-state index >= 15 is 0 Å². The normalized spacial score (nSPS) is 20.4. The zero-order valence-corrected chi connectivity index (χ0v) is 17.2. The van der Waals surface area contributed by atoms with Gasteiger partial charge < -0.3 is 4.90 Å². The number of amides is 3. The van der Waals surface area contributed by atoms with Crippen molar-refractivity contribution in [3.05, 3.63) is 54.0 Å². The maximum Gasteiger partial charge on any atom is 0.417 e. The van der Waals surface area contributed by atoms with E-state index in [1.54, 1.807) is 6.92 Å². The number of alkyl halides is 3. The van der Waals surface area contributed by atoms with Gasteiger partial charge in [-0.1, -0.05) is 0 Å². The van der Waals surface area contributed by atoms with E-state index in [0.29, 0.717) is 37.7 Å². The Balaban J connectivity index is 1.37. The molecule has 3 amide bonds.